The van der Waals surface area contributed by atoms with Crippen molar-refractivity contribution in [3.8, 4) is 0 Å². The highest BCUT2D eigenvalue weighted by atomic mass is 32.1. The lowest BCUT2D eigenvalue weighted by atomic mass is 10.1. The lowest BCUT2D eigenvalue weighted by Crippen LogP contribution is -2.59. The molecule has 2 atom stereocenters. The van der Waals surface area contributed by atoms with Crippen LogP contribution in [0.25, 0.3) is 0 Å². The van der Waals surface area contributed by atoms with Gasteiger partial charge in [-0.3, -0.25) is 4.98 Å². The third-order valence-electron chi connectivity index (χ3n) is 3.87. The molecule has 6 nitrogen and oxygen atoms in total. The predicted molar refractivity (Wildman–Crippen MR) is 98.1 cm³/mol. The third-order valence-corrected chi connectivity index (χ3v) is 3.96. The molecule has 1 fully saturated rings. The summed E-state index contributed by atoms with van der Waals surface area (Å²) in [5, 5.41) is 2.40. The van der Waals surface area contributed by atoms with Crippen molar-refractivity contribution in [3.05, 3.63) is 18.5 Å². The van der Waals surface area contributed by atoms with Crippen LogP contribution in [0.4, 0.5) is 16.2 Å². The van der Waals surface area contributed by atoms with Crippen molar-refractivity contribution in [1.29, 1.82) is 0 Å². The number of aromatic nitrogens is 1. The summed E-state index contributed by atoms with van der Waals surface area (Å²) in [5.41, 5.74) is 1.14. The highest BCUT2D eigenvalue weighted by molar-refractivity contribution is 7.78. The lowest BCUT2D eigenvalue weighted by Gasteiger charge is -2.45. The summed E-state index contributed by atoms with van der Waals surface area (Å²) in [4.78, 5) is 24.6. The maximum absolute atomic E-state index is 12.4. The van der Waals surface area contributed by atoms with Gasteiger partial charge in [0.25, 0.3) is 0 Å². The van der Waals surface area contributed by atoms with Crippen LogP contribution in [-0.2, 0) is 4.74 Å². The molecule has 0 N–H and O–H groups in total. The van der Waals surface area contributed by atoms with E-state index < -0.39 is 5.60 Å². The SMILES string of the molecule is CC1CN(C(=O)OC(C)(C)C)[C@H](C)CN1c1ccncc1N=C=S. The second kappa shape index (κ2) is 7.28. The van der Waals surface area contributed by atoms with Crippen molar-refractivity contribution >= 4 is 34.8 Å². The first-order valence-electron chi connectivity index (χ1n) is 8.01. The van der Waals surface area contributed by atoms with E-state index in [1.54, 1.807) is 17.3 Å². The van der Waals surface area contributed by atoms with E-state index in [4.69, 9.17) is 17.0 Å². The summed E-state index contributed by atoms with van der Waals surface area (Å²) in [6.45, 7) is 11.0. The standard InChI is InChI=1S/C17H24N4O2S/c1-12-10-21(16(22)23-17(3,4)5)13(2)9-20(12)15-6-7-18-8-14(15)19-11-24/h6-8,12-13H,9-10H2,1-5H3/t12?,13-/m1/s1. The molecule has 1 amide bonds. The molecule has 1 saturated heterocycles. The second-order valence-electron chi connectivity index (χ2n) is 7.05. The average Bonchev–Trinajstić information content (AvgIpc) is 2.48. The van der Waals surface area contributed by atoms with Crippen LogP contribution in [0.3, 0.4) is 0 Å². The summed E-state index contributed by atoms with van der Waals surface area (Å²) in [7, 11) is 0. The summed E-state index contributed by atoms with van der Waals surface area (Å²) in [6, 6.07) is 2.06. The zero-order valence-electron chi connectivity index (χ0n) is 14.8. The number of carbonyl (C=O) groups is 1. The second-order valence-corrected chi connectivity index (χ2v) is 7.23. The van der Waals surface area contributed by atoms with Gasteiger partial charge in [0.05, 0.1) is 17.0 Å². The van der Waals surface area contributed by atoms with Gasteiger partial charge in [-0.1, -0.05) is 0 Å². The first kappa shape index (κ1) is 18.4. The van der Waals surface area contributed by atoms with E-state index in [0.29, 0.717) is 18.8 Å². The smallest absolute Gasteiger partial charge is 0.410 e. The van der Waals surface area contributed by atoms with Gasteiger partial charge >= 0.3 is 6.09 Å². The molecule has 1 unspecified atom stereocenters. The van der Waals surface area contributed by atoms with Crippen LogP contribution in [0.1, 0.15) is 34.6 Å². The van der Waals surface area contributed by atoms with E-state index in [-0.39, 0.29) is 18.2 Å². The molecule has 1 aromatic rings. The number of carbonyl (C=O) groups excluding carboxylic acids is 1. The van der Waals surface area contributed by atoms with Crippen molar-refractivity contribution in [2.24, 2.45) is 4.99 Å². The Hall–Kier alpha value is -1.98. The van der Waals surface area contributed by atoms with E-state index in [0.717, 1.165) is 5.69 Å². The normalized spacial score (nSPS) is 21.2. The fourth-order valence-electron chi connectivity index (χ4n) is 2.79. The van der Waals surface area contributed by atoms with Gasteiger partial charge in [0.2, 0.25) is 0 Å². The molecule has 0 aliphatic carbocycles. The van der Waals surface area contributed by atoms with Gasteiger partial charge in [0.15, 0.2) is 0 Å². The Kier molecular flexibility index (Phi) is 5.57. The van der Waals surface area contributed by atoms with Crippen molar-refractivity contribution in [2.45, 2.75) is 52.3 Å². The maximum Gasteiger partial charge on any atom is 0.410 e. The van der Waals surface area contributed by atoms with E-state index in [1.165, 1.54) is 0 Å². The van der Waals surface area contributed by atoms with Crippen molar-refractivity contribution in [2.75, 3.05) is 18.0 Å². The van der Waals surface area contributed by atoms with Gasteiger partial charge < -0.3 is 14.5 Å². The minimum atomic E-state index is -0.497. The maximum atomic E-state index is 12.4. The van der Waals surface area contributed by atoms with Crippen LogP contribution in [0, 0.1) is 0 Å². The summed E-state index contributed by atoms with van der Waals surface area (Å²) in [5.74, 6) is 0. The van der Waals surface area contributed by atoms with E-state index >= 15 is 0 Å². The molecule has 1 aromatic heterocycles. The van der Waals surface area contributed by atoms with E-state index in [2.05, 4.69) is 27.0 Å². The van der Waals surface area contributed by atoms with Gasteiger partial charge in [-0.2, -0.15) is 4.99 Å². The molecule has 0 aromatic carbocycles. The molecule has 0 spiro atoms. The summed E-state index contributed by atoms with van der Waals surface area (Å²) in [6.07, 6.45) is 3.13. The van der Waals surface area contributed by atoms with Crippen molar-refractivity contribution in [1.82, 2.24) is 9.88 Å². The predicted octanol–water partition coefficient (Wildman–Crippen LogP) is 3.65. The zero-order valence-corrected chi connectivity index (χ0v) is 15.6. The molecule has 2 heterocycles. The Morgan fingerprint density at radius 1 is 1.38 bits per heavy atom. The fourth-order valence-corrected chi connectivity index (χ4v) is 2.89. The van der Waals surface area contributed by atoms with E-state index in [9.17, 15) is 4.79 Å². The number of isothiocyanates is 1. The van der Waals surface area contributed by atoms with Crippen molar-refractivity contribution in [3.63, 3.8) is 0 Å². The van der Waals surface area contributed by atoms with Gasteiger partial charge in [0.1, 0.15) is 11.3 Å². The quantitative estimate of drug-likeness (QED) is 0.603. The Labute approximate surface area is 148 Å². The Balaban J connectivity index is 2.19. The molecule has 1 aliphatic heterocycles. The number of hydrogen-bond donors (Lipinski definition) is 0. The molecule has 0 bridgehead atoms. The molecular weight excluding hydrogens is 324 g/mol. The van der Waals surface area contributed by atoms with Crippen LogP contribution in [0.2, 0.25) is 0 Å². The van der Waals surface area contributed by atoms with Crippen LogP contribution >= 0.6 is 12.2 Å². The molecule has 0 saturated carbocycles. The van der Waals surface area contributed by atoms with E-state index in [1.807, 2.05) is 33.8 Å². The first-order chi connectivity index (χ1) is 11.2. The first-order valence-corrected chi connectivity index (χ1v) is 8.42. The molecule has 7 heteroatoms. The van der Waals surface area contributed by atoms with Gasteiger partial charge in [-0.15, -0.1) is 0 Å². The Morgan fingerprint density at radius 3 is 2.71 bits per heavy atom. The number of thiocarbonyl (C=S) groups is 1. The minimum Gasteiger partial charge on any atom is -0.444 e. The Bertz CT molecular complexity index is 652. The van der Waals surface area contributed by atoms with Gasteiger partial charge in [-0.05, 0) is 52.9 Å². The van der Waals surface area contributed by atoms with Gasteiger partial charge in [-0.25, -0.2) is 4.79 Å². The average molecular weight is 348 g/mol. The number of ether oxygens (including phenoxy) is 1. The van der Waals surface area contributed by atoms with Crippen LogP contribution in [0.5, 0.6) is 0 Å². The summed E-state index contributed by atoms with van der Waals surface area (Å²) >= 11 is 4.72. The highest BCUT2D eigenvalue weighted by Gasteiger charge is 2.35. The number of rotatable bonds is 2. The number of aliphatic imine (C=N–C) groups is 1. The molecular formula is C17H24N4O2S. The number of hydrogen-bond acceptors (Lipinski definition) is 6. The number of nitrogens with zero attached hydrogens (tertiary/aromatic N) is 4. The number of piperazine rings is 1. The number of anilines is 1. The highest BCUT2D eigenvalue weighted by Crippen LogP contribution is 2.31. The monoisotopic (exact) mass is 348 g/mol. The van der Waals surface area contributed by atoms with Crippen LogP contribution in [0.15, 0.2) is 23.5 Å². The molecule has 0 radical (unpaired) electrons. The number of amides is 1. The van der Waals surface area contributed by atoms with Gasteiger partial charge in [0, 0.05) is 31.4 Å². The van der Waals surface area contributed by atoms with Crippen LogP contribution in [-0.4, -0.2) is 51.9 Å². The fraction of sp³-hybridized carbons (Fsp3) is 0.588. The minimum absolute atomic E-state index is 0.0218. The molecule has 130 valence electrons. The molecule has 2 rings (SSSR count). The third kappa shape index (κ3) is 4.30. The topological polar surface area (TPSA) is 58.0 Å². The number of pyridine rings is 1. The summed E-state index contributed by atoms with van der Waals surface area (Å²) < 4.78 is 5.52. The Morgan fingerprint density at radius 2 is 2.08 bits per heavy atom. The van der Waals surface area contributed by atoms with Crippen LogP contribution < -0.4 is 4.90 Å². The largest absolute Gasteiger partial charge is 0.444 e. The molecule has 1 aliphatic rings. The van der Waals surface area contributed by atoms with Crippen molar-refractivity contribution < 1.29 is 9.53 Å². The zero-order chi connectivity index (χ0) is 17.9. The molecule has 24 heavy (non-hydrogen) atoms. The lowest BCUT2D eigenvalue weighted by molar-refractivity contribution is 0.0130.